The van der Waals surface area contributed by atoms with Crippen LogP contribution in [0.4, 0.5) is 5.95 Å². The second-order valence-electron chi connectivity index (χ2n) is 3.18. The fraction of sp³-hybridized carbons (Fsp3) is 0.714. The molecule has 1 saturated carbocycles. The number of rotatable bonds is 2. The first kappa shape index (κ1) is 6.64. The highest BCUT2D eigenvalue weighted by Crippen LogP contribution is 2.49. The van der Waals surface area contributed by atoms with E-state index in [1.807, 2.05) is 0 Å². The highest BCUT2D eigenvalue weighted by molar-refractivity contribution is 5.22. The minimum atomic E-state index is 0.296. The Bertz CT molecular complexity index is 261. The number of nitrogen functional groups attached to an aromatic ring is 1. The molecule has 0 radical (unpaired) electrons. The highest BCUT2D eigenvalue weighted by atomic mass is 15.3. The van der Waals surface area contributed by atoms with Gasteiger partial charge in [-0.1, -0.05) is 6.92 Å². The van der Waals surface area contributed by atoms with Crippen LogP contribution in [0.2, 0.25) is 0 Å². The lowest BCUT2D eigenvalue weighted by Gasteiger charge is -2.05. The van der Waals surface area contributed by atoms with Gasteiger partial charge in [0.25, 0.3) is 0 Å². The lowest BCUT2D eigenvalue weighted by atomic mass is 10.0. The van der Waals surface area contributed by atoms with Crippen molar-refractivity contribution < 1.29 is 0 Å². The minimum Gasteiger partial charge on any atom is -0.367 e. The van der Waals surface area contributed by atoms with Gasteiger partial charge in [0.05, 0.1) is 0 Å². The summed E-state index contributed by atoms with van der Waals surface area (Å²) in [6, 6.07) is 0. The van der Waals surface area contributed by atoms with E-state index < -0.39 is 0 Å². The zero-order valence-electron chi connectivity index (χ0n) is 6.59. The molecule has 1 aliphatic carbocycles. The Morgan fingerprint density at radius 2 is 2.36 bits per heavy atom. The molecule has 0 spiro atoms. The Morgan fingerprint density at radius 1 is 1.64 bits per heavy atom. The molecule has 4 nitrogen and oxygen atoms in total. The number of nitrogens with one attached hydrogen (secondary N) is 1. The Labute approximate surface area is 65.2 Å². The Kier molecular flexibility index (Phi) is 1.19. The quantitative estimate of drug-likeness (QED) is 0.659. The van der Waals surface area contributed by atoms with Gasteiger partial charge in [-0.25, -0.2) is 0 Å². The summed E-state index contributed by atoms with van der Waals surface area (Å²) in [7, 11) is 0. The van der Waals surface area contributed by atoms with E-state index in [4.69, 9.17) is 5.73 Å². The van der Waals surface area contributed by atoms with E-state index in [9.17, 15) is 0 Å². The summed E-state index contributed by atoms with van der Waals surface area (Å²) in [4.78, 5) is 4.13. The number of hydrogen-bond donors (Lipinski definition) is 2. The zero-order chi connectivity index (χ0) is 7.90. The van der Waals surface area contributed by atoms with Gasteiger partial charge >= 0.3 is 0 Å². The Balaban J connectivity index is 2.29. The van der Waals surface area contributed by atoms with Crippen molar-refractivity contribution in [1.82, 2.24) is 15.2 Å². The van der Waals surface area contributed by atoms with Crippen molar-refractivity contribution in [3.8, 4) is 0 Å². The third kappa shape index (κ3) is 0.895. The van der Waals surface area contributed by atoms with Crippen LogP contribution in [0.1, 0.15) is 32.0 Å². The number of hydrogen-bond acceptors (Lipinski definition) is 3. The second kappa shape index (κ2) is 1.96. The highest BCUT2D eigenvalue weighted by Gasteiger charge is 2.45. The molecule has 0 amide bonds. The Morgan fingerprint density at radius 3 is 2.73 bits per heavy atom. The lowest BCUT2D eigenvalue weighted by molar-refractivity contribution is 0.618. The number of nitrogens with two attached hydrogens (primary N) is 1. The van der Waals surface area contributed by atoms with Crippen LogP contribution in [-0.4, -0.2) is 15.2 Å². The van der Waals surface area contributed by atoms with Gasteiger partial charge in [-0.05, 0) is 19.3 Å². The predicted octanol–water partition coefficient (Wildman–Crippen LogP) is 0.829. The lowest BCUT2D eigenvalue weighted by Crippen LogP contribution is -2.06. The number of aromatic amines is 1. The van der Waals surface area contributed by atoms with E-state index in [0.29, 0.717) is 11.4 Å². The normalized spacial score (nSPS) is 20.1. The minimum absolute atomic E-state index is 0.296. The van der Waals surface area contributed by atoms with Crippen LogP contribution in [0, 0.1) is 0 Å². The largest absolute Gasteiger partial charge is 0.367 e. The first-order chi connectivity index (χ1) is 5.27. The van der Waals surface area contributed by atoms with Crippen molar-refractivity contribution in [2.45, 2.75) is 31.6 Å². The summed E-state index contributed by atoms with van der Waals surface area (Å²) in [5.41, 5.74) is 5.70. The fourth-order valence-corrected chi connectivity index (χ4v) is 1.42. The van der Waals surface area contributed by atoms with Crippen molar-refractivity contribution in [3.05, 3.63) is 5.82 Å². The molecule has 1 heterocycles. The first-order valence-corrected chi connectivity index (χ1v) is 3.95. The molecule has 0 aliphatic heterocycles. The van der Waals surface area contributed by atoms with E-state index in [1.165, 1.54) is 12.8 Å². The second-order valence-corrected chi connectivity index (χ2v) is 3.18. The number of anilines is 1. The average molecular weight is 152 g/mol. The molecule has 1 aromatic heterocycles. The maximum absolute atomic E-state index is 5.40. The predicted molar refractivity (Wildman–Crippen MR) is 42.0 cm³/mol. The maximum atomic E-state index is 5.40. The van der Waals surface area contributed by atoms with Crippen LogP contribution in [0.3, 0.4) is 0 Å². The molecule has 1 aromatic rings. The van der Waals surface area contributed by atoms with E-state index in [-0.39, 0.29) is 0 Å². The van der Waals surface area contributed by atoms with Gasteiger partial charge in [-0.3, -0.25) is 5.10 Å². The Hall–Kier alpha value is -1.06. The van der Waals surface area contributed by atoms with Crippen molar-refractivity contribution in [3.63, 3.8) is 0 Å². The van der Waals surface area contributed by atoms with Gasteiger partial charge in [0, 0.05) is 5.41 Å². The summed E-state index contributed by atoms with van der Waals surface area (Å²) in [6.07, 6.45) is 3.57. The molecule has 11 heavy (non-hydrogen) atoms. The number of aromatic nitrogens is 3. The molecule has 0 unspecified atom stereocenters. The van der Waals surface area contributed by atoms with Crippen LogP contribution in [0.25, 0.3) is 0 Å². The van der Waals surface area contributed by atoms with Crippen molar-refractivity contribution in [1.29, 1.82) is 0 Å². The molecule has 0 atom stereocenters. The SMILES string of the molecule is CCC1(c2nc(N)n[nH]2)CC1. The maximum Gasteiger partial charge on any atom is 0.239 e. The number of nitrogens with zero attached hydrogens (tertiary/aromatic N) is 2. The van der Waals surface area contributed by atoms with Gasteiger partial charge in [-0.2, -0.15) is 4.98 Å². The third-order valence-corrected chi connectivity index (χ3v) is 2.54. The topological polar surface area (TPSA) is 67.6 Å². The molecule has 1 aliphatic rings. The molecule has 60 valence electrons. The van der Waals surface area contributed by atoms with Crippen molar-refractivity contribution >= 4 is 5.95 Å². The first-order valence-electron chi connectivity index (χ1n) is 3.95. The van der Waals surface area contributed by atoms with Gasteiger partial charge in [0.15, 0.2) is 0 Å². The molecule has 3 N–H and O–H groups in total. The summed E-state index contributed by atoms with van der Waals surface area (Å²) >= 11 is 0. The summed E-state index contributed by atoms with van der Waals surface area (Å²) in [5.74, 6) is 1.33. The monoisotopic (exact) mass is 152 g/mol. The standard InChI is InChI=1S/C7H12N4/c1-2-7(3-4-7)5-9-6(8)11-10-5/h2-4H2,1H3,(H3,8,9,10,11). The molecule has 4 heteroatoms. The smallest absolute Gasteiger partial charge is 0.239 e. The fourth-order valence-electron chi connectivity index (χ4n) is 1.42. The summed E-state index contributed by atoms with van der Waals surface area (Å²) < 4.78 is 0. The van der Waals surface area contributed by atoms with Crippen molar-refractivity contribution in [2.24, 2.45) is 0 Å². The molecule has 1 fully saturated rings. The molecule has 2 rings (SSSR count). The van der Waals surface area contributed by atoms with Crippen LogP contribution in [0.5, 0.6) is 0 Å². The van der Waals surface area contributed by atoms with Gasteiger partial charge < -0.3 is 5.73 Å². The van der Waals surface area contributed by atoms with Crippen molar-refractivity contribution in [2.75, 3.05) is 5.73 Å². The molecular formula is C7H12N4. The van der Waals surface area contributed by atoms with Crippen LogP contribution < -0.4 is 5.73 Å². The van der Waals surface area contributed by atoms with E-state index in [1.54, 1.807) is 0 Å². The average Bonchev–Trinajstić information content (AvgIpc) is 2.70. The molecule has 0 aromatic carbocycles. The third-order valence-electron chi connectivity index (χ3n) is 2.54. The summed E-state index contributed by atoms with van der Waals surface area (Å²) in [6.45, 7) is 2.17. The van der Waals surface area contributed by atoms with E-state index >= 15 is 0 Å². The molecular weight excluding hydrogens is 140 g/mol. The molecule has 0 bridgehead atoms. The van der Waals surface area contributed by atoms with Gasteiger partial charge in [0.2, 0.25) is 5.95 Å². The number of H-pyrrole nitrogens is 1. The van der Waals surface area contributed by atoms with E-state index in [0.717, 1.165) is 12.2 Å². The molecule has 0 saturated heterocycles. The zero-order valence-corrected chi connectivity index (χ0v) is 6.59. The van der Waals surface area contributed by atoms with Crippen LogP contribution in [-0.2, 0) is 5.41 Å². The van der Waals surface area contributed by atoms with Gasteiger partial charge in [0.1, 0.15) is 5.82 Å². The summed E-state index contributed by atoms with van der Waals surface area (Å²) in [5, 5.41) is 6.69. The van der Waals surface area contributed by atoms with Crippen LogP contribution >= 0.6 is 0 Å². The van der Waals surface area contributed by atoms with Gasteiger partial charge in [-0.15, -0.1) is 5.10 Å². The van der Waals surface area contributed by atoms with Crippen LogP contribution in [0.15, 0.2) is 0 Å². The van der Waals surface area contributed by atoms with E-state index in [2.05, 4.69) is 22.1 Å².